The predicted molar refractivity (Wildman–Crippen MR) is 33.9 cm³/mol. The number of allylic oxidation sites excluding steroid dienone is 1. The van der Waals surface area contributed by atoms with Crippen LogP contribution in [0.4, 0.5) is 0 Å². The van der Waals surface area contributed by atoms with Crippen molar-refractivity contribution in [2.24, 2.45) is 0 Å². The van der Waals surface area contributed by atoms with Gasteiger partial charge in [-0.1, -0.05) is 0 Å². The predicted octanol–water partition coefficient (Wildman–Crippen LogP) is 0.597. The molecule has 0 aromatic heterocycles. The highest BCUT2D eigenvalue weighted by Gasteiger charge is 2.25. The summed E-state index contributed by atoms with van der Waals surface area (Å²) in [7, 11) is 0. The smallest absolute Gasteiger partial charge is 0.179 e. The Morgan fingerprint density at radius 1 is 1.33 bits per heavy atom. The fourth-order valence-corrected chi connectivity index (χ4v) is 1.54. The molecule has 0 spiro atoms. The number of rotatable bonds is 0. The van der Waals surface area contributed by atoms with Crippen LogP contribution in [-0.4, -0.2) is 12.3 Å². The summed E-state index contributed by atoms with van der Waals surface area (Å²) in [4.78, 5) is 10.9. The Kier molecular flexibility index (Phi) is 0.891. The molecule has 1 heterocycles. The summed E-state index contributed by atoms with van der Waals surface area (Å²) in [5.41, 5.74) is 2.30. The molecule has 2 nitrogen and oxygen atoms in total. The van der Waals surface area contributed by atoms with Gasteiger partial charge >= 0.3 is 0 Å². The van der Waals surface area contributed by atoms with Gasteiger partial charge in [-0.05, 0) is 19.3 Å². The molecule has 1 aliphatic carbocycles. The summed E-state index contributed by atoms with van der Waals surface area (Å²) in [6.45, 7) is 0.560. The standard InChI is InChI=1S/C7H9NO/c9-7-4-8-6-3-1-2-5(6)7/h8H,1-4H2. The van der Waals surface area contributed by atoms with Crippen LogP contribution >= 0.6 is 0 Å². The van der Waals surface area contributed by atoms with Gasteiger partial charge in [0.1, 0.15) is 0 Å². The van der Waals surface area contributed by atoms with E-state index in [-0.39, 0.29) is 0 Å². The minimum absolute atomic E-state index is 0.322. The Morgan fingerprint density at radius 2 is 2.22 bits per heavy atom. The Bertz CT molecular complexity index is 193. The van der Waals surface area contributed by atoms with Crippen molar-refractivity contribution in [2.75, 3.05) is 6.54 Å². The third kappa shape index (κ3) is 0.590. The number of ketones is 1. The first-order chi connectivity index (χ1) is 4.38. The fraction of sp³-hybridized carbons (Fsp3) is 0.571. The lowest BCUT2D eigenvalue weighted by Gasteiger charge is -1.94. The Hall–Kier alpha value is -0.790. The summed E-state index contributed by atoms with van der Waals surface area (Å²) in [6, 6.07) is 0. The summed E-state index contributed by atoms with van der Waals surface area (Å²) in [5, 5.41) is 3.10. The number of hydrogen-bond acceptors (Lipinski definition) is 2. The molecule has 0 aromatic carbocycles. The van der Waals surface area contributed by atoms with Crippen LogP contribution < -0.4 is 5.32 Å². The highest BCUT2D eigenvalue weighted by Crippen LogP contribution is 2.27. The number of hydrogen-bond donors (Lipinski definition) is 1. The van der Waals surface area contributed by atoms with Gasteiger partial charge in [0, 0.05) is 11.3 Å². The average Bonchev–Trinajstić information content (AvgIpc) is 2.35. The first-order valence-corrected chi connectivity index (χ1v) is 3.37. The molecule has 0 amide bonds. The largest absolute Gasteiger partial charge is 0.381 e. The molecule has 0 atom stereocenters. The first kappa shape index (κ1) is 5.03. The molecule has 2 heteroatoms. The van der Waals surface area contributed by atoms with Crippen LogP contribution in [0.15, 0.2) is 11.3 Å². The molecule has 2 rings (SSSR count). The van der Waals surface area contributed by atoms with E-state index in [0.717, 1.165) is 18.4 Å². The second-order valence-corrected chi connectivity index (χ2v) is 2.59. The van der Waals surface area contributed by atoms with Crippen LogP contribution in [-0.2, 0) is 4.79 Å². The number of carbonyl (C=O) groups is 1. The van der Waals surface area contributed by atoms with E-state index in [1.54, 1.807) is 0 Å². The second-order valence-electron chi connectivity index (χ2n) is 2.59. The maximum Gasteiger partial charge on any atom is 0.179 e. The van der Waals surface area contributed by atoms with Gasteiger partial charge in [-0.3, -0.25) is 4.79 Å². The second kappa shape index (κ2) is 1.59. The van der Waals surface area contributed by atoms with E-state index < -0.39 is 0 Å². The molecule has 0 unspecified atom stereocenters. The molecule has 0 bridgehead atoms. The molecule has 0 aromatic rings. The van der Waals surface area contributed by atoms with Gasteiger partial charge in [-0.25, -0.2) is 0 Å². The molecule has 9 heavy (non-hydrogen) atoms. The minimum Gasteiger partial charge on any atom is -0.381 e. The molecule has 0 saturated heterocycles. The zero-order chi connectivity index (χ0) is 6.27. The SMILES string of the molecule is O=C1CNC2=C1CCC2. The van der Waals surface area contributed by atoms with Gasteiger partial charge in [0.05, 0.1) is 6.54 Å². The third-order valence-electron chi connectivity index (χ3n) is 2.02. The van der Waals surface area contributed by atoms with Gasteiger partial charge in [-0.2, -0.15) is 0 Å². The van der Waals surface area contributed by atoms with Crippen molar-refractivity contribution in [3.05, 3.63) is 11.3 Å². The molecule has 1 aliphatic heterocycles. The zero-order valence-electron chi connectivity index (χ0n) is 5.24. The maximum absolute atomic E-state index is 10.9. The summed E-state index contributed by atoms with van der Waals surface area (Å²) in [5.74, 6) is 0.322. The van der Waals surface area contributed by atoms with Crippen LogP contribution in [0, 0.1) is 0 Å². The van der Waals surface area contributed by atoms with Gasteiger partial charge in [0.25, 0.3) is 0 Å². The minimum atomic E-state index is 0.322. The van der Waals surface area contributed by atoms with Crippen molar-refractivity contribution in [1.29, 1.82) is 0 Å². The van der Waals surface area contributed by atoms with Crippen molar-refractivity contribution in [2.45, 2.75) is 19.3 Å². The van der Waals surface area contributed by atoms with E-state index in [0.29, 0.717) is 12.3 Å². The van der Waals surface area contributed by atoms with E-state index in [1.807, 2.05) is 0 Å². The first-order valence-electron chi connectivity index (χ1n) is 3.37. The third-order valence-corrected chi connectivity index (χ3v) is 2.02. The maximum atomic E-state index is 10.9. The van der Waals surface area contributed by atoms with E-state index in [1.165, 1.54) is 12.1 Å². The van der Waals surface area contributed by atoms with Crippen LogP contribution in [0.5, 0.6) is 0 Å². The lowest BCUT2D eigenvalue weighted by Crippen LogP contribution is -2.12. The van der Waals surface area contributed by atoms with Crippen molar-refractivity contribution >= 4 is 5.78 Å². The highest BCUT2D eigenvalue weighted by molar-refractivity contribution is 6.00. The molecule has 48 valence electrons. The van der Waals surface area contributed by atoms with Crippen molar-refractivity contribution < 1.29 is 4.79 Å². The van der Waals surface area contributed by atoms with Gasteiger partial charge < -0.3 is 5.32 Å². The van der Waals surface area contributed by atoms with E-state index in [9.17, 15) is 4.79 Å². The Balaban J connectivity index is 2.34. The van der Waals surface area contributed by atoms with Crippen molar-refractivity contribution in [3.8, 4) is 0 Å². The number of Topliss-reactive ketones (excluding diaryl/α,β-unsaturated/α-hetero) is 1. The Morgan fingerprint density at radius 3 is 3.00 bits per heavy atom. The van der Waals surface area contributed by atoms with Crippen LogP contribution in [0.1, 0.15) is 19.3 Å². The summed E-state index contributed by atoms with van der Waals surface area (Å²) < 4.78 is 0. The monoisotopic (exact) mass is 123 g/mol. The molecule has 0 saturated carbocycles. The molecule has 0 radical (unpaired) electrons. The lowest BCUT2D eigenvalue weighted by molar-refractivity contribution is -0.114. The van der Waals surface area contributed by atoms with E-state index >= 15 is 0 Å². The topological polar surface area (TPSA) is 29.1 Å². The van der Waals surface area contributed by atoms with Crippen molar-refractivity contribution in [1.82, 2.24) is 5.32 Å². The van der Waals surface area contributed by atoms with E-state index in [4.69, 9.17) is 0 Å². The Labute approximate surface area is 53.9 Å². The van der Waals surface area contributed by atoms with Crippen LogP contribution in [0.2, 0.25) is 0 Å². The van der Waals surface area contributed by atoms with Crippen molar-refractivity contribution in [3.63, 3.8) is 0 Å². The van der Waals surface area contributed by atoms with Gasteiger partial charge in [0.15, 0.2) is 5.78 Å². The number of nitrogens with one attached hydrogen (secondary N) is 1. The van der Waals surface area contributed by atoms with Gasteiger partial charge in [0.2, 0.25) is 0 Å². The van der Waals surface area contributed by atoms with Gasteiger partial charge in [-0.15, -0.1) is 0 Å². The quantitative estimate of drug-likeness (QED) is 0.511. The summed E-state index contributed by atoms with van der Waals surface area (Å²) in [6.07, 6.45) is 3.28. The number of carbonyl (C=O) groups excluding carboxylic acids is 1. The molecule has 1 N–H and O–H groups in total. The zero-order valence-corrected chi connectivity index (χ0v) is 5.24. The lowest BCUT2D eigenvalue weighted by atomic mass is 10.2. The molecular formula is C7H9NO. The molecule has 2 aliphatic rings. The highest BCUT2D eigenvalue weighted by atomic mass is 16.1. The average molecular weight is 123 g/mol. The van der Waals surface area contributed by atoms with Crippen LogP contribution in [0.3, 0.4) is 0 Å². The molecule has 0 fully saturated rings. The normalized spacial score (nSPS) is 24.7. The molecular weight excluding hydrogens is 114 g/mol. The fourth-order valence-electron chi connectivity index (χ4n) is 1.54. The summed E-state index contributed by atoms with van der Waals surface area (Å²) >= 11 is 0. The van der Waals surface area contributed by atoms with Crippen LogP contribution in [0.25, 0.3) is 0 Å². The van der Waals surface area contributed by atoms with E-state index in [2.05, 4.69) is 5.32 Å².